The molecular weight excluding hydrogens is 388 g/mol. The number of aryl methyl sites for hydroxylation is 1. The van der Waals surface area contributed by atoms with Crippen LogP contribution in [0.4, 0.5) is 0 Å². The van der Waals surface area contributed by atoms with Gasteiger partial charge in [0.2, 0.25) is 11.8 Å². The zero-order valence-corrected chi connectivity index (χ0v) is 17.9. The molecule has 1 fully saturated rings. The molecule has 1 aromatic heterocycles. The van der Waals surface area contributed by atoms with Crippen molar-refractivity contribution in [1.29, 1.82) is 0 Å². The topological polar surface area (TPSA) is 67.2 Å². The molecule has 1 saturated heterocycles. The van der Waals surface area contributed by atoms with Crippen LogP contribution in [0, 0.1) is 0 Å². The number of hydrogen-bond donors (Lipinski definition) is 1. The third-order valence-electron chi connectivity index (χ3n) is 5.89. The molecule has 3 aromatic rings. The van der Waals surface area contributed by atoms with Gasteiger partial charge < -0.3 is 14.8 Å². The number of likely N-dealkylation sites (tertiary alicyclic amines) is 1. The summed E-state index contributed by atoms with van der Waals surface area (Å²) in [6.07, 6.45) is 5.16. The van der Waals surface area contributed by atoms with Crippen LogP contribution in [-0.4, -0.2) is 45.9 Å². The summed E-state index contributed by atoms with van der Waals surface area (Å²) in [6, 6.07) is 17.9. The summed E-state index contributed by atoms with van der Waals surface area (Å²) in [6.45, 7) is 2.50. The van der Waals surface area contributed by atoms with E-state index >= 15 is 0 Å². The molecule has 1 N–H and O–H groups in total. The van der Waals surface area contributed by atoms with Crippen LogP contribution < -0.4 is 5.32 Å². The minimum atomic E-state index is 0.0379. The number of imidazole rings is 1. The van der Waals surface area contributed by atoms with E-state index < -0.39 is 0 Å². The minimum Gasteiger partial charge on any atom is -0.356 e. The van der Waals surface area contributed by atoms with Gasteiger partial charge in [0.1, 0.15) is 12.4 Å². The van der Waals surface area contributed by atoms with Crippen molar-refractivity contribution in [3.63, 3.8) is 0 Å². The summed E-state index contributed by atoms with van der Waals surface area (Å²) in [5, 5.41) is 3.00. The van der Waals surface area contributed by atoms with Crippen LogP contribution in [0.3, 0.4) is 0 Å². The molecule has 4 rings (SSSR count). The van der Waals surface area contributed by atoms with Crippen molar-refractivity contribution in [3.05, 3.63) is 66.0 Å². The van der Waals surface area contributed by atoms with E-state index in [2.05, 4.69) is 5.32 Å². The first-order valence-corrected chi connectivity index (χ1v) is 11.2. The molecule has 0 saturated carbocycles. The predicted octanol–water partition coefficient (Wildman–Crippen LogP) is 3.34. The number of nitrogens with one attached hydrogen (secondary N) is 1. The number of para-hydroxylation sites is 2. The van der Waals surface area contributed by atoms with Crippen LogP contribution in [-0.2, 0) is 29.0 Å². The minimum absolute atomic E-state index is 0.0379. The number of nitrogens with zero attached hydrogens (tertiary/aromatic N) is 3. The number of rotatable bonds is 8. The van der Waals surface area contributed by atoms with Gasteiger partial charge in [-0.1, -0.05) is 42.5 Å². The zero-order valence-electron chi connectivity index (χ0n) is 17.9. The maximum absolute atomic E-state index is 12.9. The van der Waals surface area contributed by atoms with Crippen LogP contribution in [0.25, 0.3) is 11.0 Å². The average molecular weight is 419 g/mol. The van der Waals surface area contributed by atoms with Gasteiger partial charge in [0.25, 0.3) is 0 Å². The highest BCUT2D eigenvalue weighted by molar-refractivity contribution is 5.81. The maximum Gasteiger partial charge on any atom is 0.242 e. The van der Waals surface area contributed by atoms with E-state index in [1.54, 1.807) is 0 Å². The van der Waals surface area contributed by atoms with Crippen LogP contribution in [0.1, 0.15) is 37.1 Å². The Hall–Kier alpha value is -3.15. The number of carbonyl (C=O) groups excluding carboxylic acids is 2. The number of benzene rings is 2. The highest BCUT2D eigenvalue weighted by atomic mass is 16.2. The lowest BCUT2D eigenvalue weighted by Crippen LogP contribution is -2.38. The summed E-state index contributed by atoms with van der Waals surface area (Å²) in [7, 11) is 0. The third-order valence-corrected chi connectivity index (χ3v) is 5.89. The van der Waals surface area contributed by atoms with Gasteiger partial charge in [0.15, 0.2) is 0 Å². The van der Waals surface area contributed by atoms with Crippen molar-refractivity contribution in [2.75, 3.05) is 19.6 Å². The number of amides is 2. The number of aromatic nitrogens is 2. The Morgan fingerprint density at radius 1 is 0.903 bits per heavy atom. The summed E-state index contributed by atoms with van der Waals surface area (Å²) in [5.41, 5.74) is 3.02. The van der Waals surface area contributed by atoms with Crippen molar-refractivity contribution >= 4 is 22.8 Å². The summed E-state index contributed by atoms with van der Waals surface area (Å²) < 4.78 is 2.02. The Kier molecular flexibility index (Phi) is 6.97. The van der Waals surface area contributed by atoms with Gasteiger partial charge in [-0.05, 0) is 43.4 Å². The third kappa shape index (κ3) is 5.51. The summed E-state index contributed by atoms with van der Waals surface area (Å²) >= 11 is 0. The molecule has 31 heavy (non-hydrogen) atoms. The van der Waals surface area contributed by atoms with E-state index in [-0.39, 0.29) is 11.8 Å². The van der Waals surface area contributed by atoms with E-state index in [9.17, 15) is 9.59 Å². The van der Waals surface area contributed by atoms with Crippen molar-refractivity contribution in [3.8, 4) is 0 Å². The second-order valence-corrected chi connectivity index (χ2v) is 8.13. The van der Waals surface area contributed by atoms with Crippen LogP contribution in [0.15, 0.2) is 54.6 Å². The Morgan fingerprint density at radius 3 is 2.45 bits per heavy atom. The zero-order chi connectivity index (χ0) is 21.5. The first-order chi connectivity index (χ1) is 15.2. The van der Waals surface area contributed by atoms with Crippen molar-refractivity contribution in [1.82, 2.24) is 19.8 Å². The normalized spacial score (nSPS) is 14.0. The van der Waals surface area contributed by atoms with Gasteiger partial charge in [0.05, 0.1) is 11.0 Å². The molecular formula is C25H30N4O2. The lowest BCUT2D eigenvalue weighted by Gasteiger charge is -2.27. The molecule has 6 heteroatoms. The molecule has 162 valence electrons. The molecule has 2 heterocycles. The van der Waals surface area contributed by atoms with Gasteiger partial charge in [0, 0.05) is 32.5 Å². The summed E-state index contributed by atoms with van der Waals surface area (Å²) in [4.78, 5) is 31.8. The van der Waals surface area contributed by atoms with Crippen molar-refractivity contribution in [2.45, 2.75) is 45.1 Å². The molecule has 2 amide bonds. The molecule has 0 radical (unpaired) electrons. The Morgan fingerprint density at radius 2 is 1.65 bits per heavy atom. The highest BCUT2D eigenvalue weighted by Crippen LogP contribution is 2.18. The molecule has 2 aromatic carbocycles. The molecule has 0 aliphatic carbocycles. The fourth-order valence-corrected chi connectivity index (χ4v) is 4.18. The Labute approximate surface area is 183 Å². The van der Waals surface area contributed by atoms with E-state index in [1.807, 2.05) is 64.1 Å². The van der Waals surface area contributed by atoms with E-state index in [0.717, 1.165) is 54.8 Å². The van der Waals surface area contributed by atoms with Crippen LogP contribution in [0.2, 0.25) is 0 Å². The van der Waals surface area contributed by atoms with E-state index in [0.29, 0.717) is 25.9 Å². The SMILES string of the molecule is O=C(CCc1ccccc1)NCCc1nc2ccccc2n1CC(=O)N1CCCCC1. The quantitative estimate of drug-likeness (QED) is 0.610. The van der Waals surface area contributed by atoms with E-state index in [1.165, 1.54) is 6.42 Å². The molecule has 1 aliphatic heterocycles. The molecule has 1 aliphatic rings. The van der Waals surface area contributed by atoms with E-state index in [4.69, 9.17) is 4.98 Å². The summed E-state index contributed by atoms with van der Waals surface area (Å²) in [5.74, 6) is 1.03. The number of piperidine rings is 1. The molecule has 6 nitrogen and oxygen atoms in total. The fraction of sp³-hybridized carbons (Fsp3) is 0.400. The average Bonchev–Trinajstić information content (AvgIpc) is 3.16. The van der Waals surface area contributed by atoms with Gasteiger partial charge >= 0.3 is 0 Å². The highest BCUT2D eigenvalue weighted by Gasteiger charge is 2.19. The van der Waals surface area contributed by atoms with Crippen molar-refractivity contribution in [2.24, 2.45) is 0 Å². The smallest absolute Gasteiger partial charge is 0.242 e. The molecule has 0 spiro atoms. The molecule has 0 unspecified atom stereocenters. The van der Waals surface area contributed by atoms with Crippen LogP contribution in [0.5, 0.6) is 0 Å². The predicted molar refractivity (Wildman–Crippen MR) is 122 cm³/mol. The first kappa shape index (κ1) is 21.1. The number of fused-ring (bicyclic) bond motifs is 1. The second kappa shape index (κ2) is 10.2. The van der Waals surface area contributed by atoms with Gasteiger partial charge in [-0.25, -0.2) is 4.98 Å². The van der Waals surface area contributed by atoms with Gasteiger partial charge in [-0.2, -0.15) is 0 Å². The fourth-order valence-electron chi connectivity index (χ4n) is 4.18. The Bertz CT molecular complexity index is 1020. The Balaban J connectivity index is 1.37. The number of carbonyl (C=O) groups is 2. The van der Waals surface area contributed by atoms with Crippen LogP contribution >= 0.6 is 0 Å². The van der Waals surface area contributed by atoms with Gasteiger partial charge in [-0.15, -0.1) is 0 Å². The second-order valence-electron chi connectivity index (χ2n) is 8.13. The monoisotopic (exact) mass is 418 g/mol. The molecule has 0 bridgehead atoms. The van der Waals surface area contributed by atoms with Crippen molar-refractivity contribution < 1.29 is 9.59 Å². The molecule has 0 atom stereocenters. The lowest BCUT2D eigenvalue weighted by molar-refractivity contribution is -0.132. The lowest BCUT2D eigenvalue weighted by atomic mass is 10.1. The standard InChI is InChI=1S/C25H30N4O2/c30-24(14-13-20-9-3-1-4-10-20)26-16-15-23-27-21-11-5-6-12-22(21)29(23)19-25(31)28-17-7-2-8-18-28/h1,3-6,9-12H,2,7-8,13-19H2,(H,26,30). The van der Waals surface area contributed by atoms with Gasteiger partial charge in [-0.3, -0.25) is 9.59 Å². The largest absolute Gasteiger partial charge is 0.356 e. The maximum atomic E-state index is 12.9. The number of hydrogen-bond acceptors (Lipinski definition) is 3. The first-order valence-electron chi connectivity index (χ1n) is 11.2.